The van der Waals surface area contributed by atoms with Crippen molar-refractivity contribution in [1.29, 1.82) is 0 Å². The van der Waals surface area contributed by atoms with Gasteiger partial charge in [-0.1, -0.05) is 30.3 Å². The summed E-state index contributed by atoms with van der Waals surface area (Å²) < 4.78 is 0. The lowest BCUT2D eigenvalue weighted by atomic mass is 10.0. The Labute approximate surface area is 127 Å². The number of nitrogens with one attached hydrogen (secondary N) is 1. The highest BCUT2D eigenvalue weighted by Crippen LogP contribution is 2.11. The Morgan fingerprint density at radius 2 is 1.95 bits per heavy atom. The Morgan fingerprint density at radius 1 is 1.19 bits per heavy atom. The zero-order valence-electron chi connectivity index (χ0n) is 11.5. The Balaban J connectivity index is 2.01. The van der Waals surface area contributed by atoms with Crippen LogP contribution >= 0.6 is 11.3 Å². The average molecular weight is 303 g/mol. The van der Waals surface area contributed by atoms with Gasteiger partial charge in [-0.25, -0.2) is 0 Å². The number of carbonyl (C=O) groups is 2. The molecular formula is C16H17NO3S. The molecule has 0 radical (unpaired) electrons. The summed E-state index contributed by atoms with van der Waals surface area (Å²) in [5, 5.41) is 15.4. The number of aliphatic carboxylic acids is 1. The van der Waals surface area contributed by atoms with Crippen LogP contribution in [0, 0.1) is 0 Å². The molecule has 0 fully saturated rings. The normalized spacial score (nSPS) is 11.8. The maximum atomic E-state index is 12.1. The van der Waals surface area contributed by atoms with Crippen LogP contribution in [0.2, 0.25) is 0 Å². The summed E-state index contributed by atoms with van der Waals surface area (Å²) in [6.45, 7) is 0. The third-order valence-corrected chi connectivity index (χ3v) is 3.83. The van der Waals surface area contributed by atoms with E-state index in [1.807, 2.05) is 35.7 Å². The molecule has 110 valence electrons. The van der Waals surface area contributed by atoms with E-state index in [0.29, 0.717) is 18.4 Å². The van der Waals surface area contributed by atoms with Gasteiger partial charge in [0.15, 0.2) is 0 Å². The highest BCUT2D eigenvalue weighted by Gasteiger charge is 2.16. The molecule has 1 unspecified atom stereocenters. The summed E-state index contributed by atoms with van der Waals surface area (Å²) in [7, 11) is 0. The number of thiophene rings is 1. The number of rotatable bonds is 7. The van der Waals surface area contributed by atoms with Crippen LogP contribution in [0.3, 0.4) is 0 Å². The fraction of sp³-hybridized carbons (Fsp3) is 0.250. The first-order chi connectivity index (χ1) is 10.1. The minimum atomic E-state index is -0.849. The monoisotopic (exact) mass is 303 g/mol. The number of benzene rings is 1. The van der Waals surface area contributed by atoms with E-state index in [1.54, 1.807) is 11.4 Å². The first-order valence-corrected chi connectivity index (χ1v) is 7.68. The minimum absolute atomic E-state index is 0.0431. The van der Waals surface area contributed by atoms with E-state index in [-0.39, 0.29) is 18.4 Å². The molecule has 0 saturated carbocycles. The lowest BCUT2D eigenvalue weighted by Gasteiger charge is -2.18. The van der Waals surface area contributed by atoms with Crippen molar-refractivity contribution in [3.05, 3.63) is 58.3 Å². The molecule has 2 aromatic rings. The molecule has 1 aromatic carbocycles. The van der Waals surface area contributed by atoms with Crippen LogP contribution < -0.4 is 5.32 Å². The van der Waals surface area contributed by atoms with Crippen molar-refractivity contribution in [3.63, 3.8) is 0 Å². The molecule has 1 aromatic heterocycles. The van der Waals surface area contributed by atoms with Gasteiger partial charge in [0.25, 0.3) is 5.91 Å². The second-order valence-electron chi connectivity index (χ2n) is 4.80. The maximum absolute atomic E-state index is 12.1. The quantitative estimate of drug-likeness (QED) is 0.826. The molecule has 0 saturated heterocycles. The SMILES string of the molecule is O=C(O)CCC(Cc1ccccc1)NC(=O)c1ccsc1. The lowest BCUT2D eigenvalue weighted by Crippen LogP contribution is -2.36. The summed E-state index contributed by atoms with van der Waals surface area (Å²) in [5.41, 5.74) is 1.70. The third-order valence-electron chi connectivity index (χ3n) is 3.15. The molecule has 1 amide bonds. The summed E-state index contributed by atoms with van der Waals surface area (Å²) >= 11 is 1.46. The summed E-state index contributed by atoms with van der Waals surface area (Å²) in [4.78, 5) is 22.9. The molecule has 0 spiro atoms. The van der Waals surface area contributed by atoms with Gasteiger partial charge in [0.1, 0.15) is 0 Å². The van der Waals surface area contributed by atoms with E-state index in [2.05, 4.69) is 5.32 Å². The molecular weight excluding hydrogens is 286 g/mol. The fourth-order valence-electron chi connectivity index (χ4n) is 2.08. The van der Waals surface area contributed by atoms with E-state index in [1.165, 1.54) is 11.3 Å². The molecule has 0 aliphatic heterocycles. The van der Waals surface area contributed by atoms with Gasteiger partial charge < -0.3 is 10.4 Å². The van der Waals surface area contributed by atoms with E-state index >= 15 is 0 Å². The van der Waals surface area contributed by atoms with Gasteiger partial charge in [-0.15, -0.1) is 0 Å². The van der Waals surface area contributed by atoms with Gasteiger partial charge in [0.05, 0.1) is 0 Å². The average Bonchev–Trinajstić information content (AvgIpc) is 3.00. The smallest absolute Gasteiger partial charge is 0.303 e. The Hall–Kier alpha value is -2.14. The van der Waals surface area contributed by atoms with Crippen molar-refractivity contribution in [2.24, 2.45) is 0 Å². The second kappa shape index (κ2) is 7.59. The number of hydrogen-bond acceptors (Lipinski definition) is 3. The molecule has 0 bridgehead atoms. The fourth-order valence-corrected chi connectivity index (χ4v) is 2.72. The first-order valence-electron chi connectivity index (χ1n) is 6.74. The molecule has 2 rings (SSSR count). The Bertz CT molecular complexity index is 581. The molecule has 1 heterocycles. The number of carboxylic acids is 1. The predicted molar refractivity (Wildman–Crippen MR) is 82.6 cm³/mol. The van der Waals surface area contributed by atoms with Gasteiger partial charge in [-0.3, -0.25) is 9.59 Å². The van der Waals surface area contributed by atoms with Crippen molar-refractivity contribution in [2.75, 3.05) is 0 Å². The van der Waals surface area contributed by atoms with Crippen LogP contribution in [0.25, 0.3) is 0 Å². The minimum Gasteiger partial charge on any atom is -0.481 e. The Kier molecular flexibility index (Phi) is 5.51. The lowest BCUT2D eigenvalue weighted by molar-refractivity contribution is -0.137. The van der Waals surface area contributed by atoms with Crippen LogP contribution in [0.1, 0.15) is 28.8 Å². The highest BCUT2D eigenvalue weighted by atomic mass is 32.1. The summed E-state index contributed by atoms with van der Waals surface area (Å²) in [6, 6.07) is 11.3. The van der Waals surface area contributed by atoms with E-state index in [9.17, 15) is 9.59 Å². The van der Waals surface area contributed by atoms with Crippen LogP contribution in [0.5, 0.6) is 0 Å². The Morgan fingerprint density at radius 3 is 2.57 bits per heavy atom. The standard InChI is InChI=1S/C16H17NO3S/c18-15(19)7-6-14(10-12-4-2-1-3-5-12)17-16(20)13-8-9-21-11-13/h1-5,8-9,11,14H,6-7,10H2,(H,17,20)(H,18,19). The molecule has 2 N–H and O–H groups in total. The molecule has 1 atom stereocenters. The second-order valence-corrected chi connectivity index (χ2v) is 5.58. The largest absolute Gasteiger partial charge is 0.481 e. The third kappa shape index (κ3) is 5.04. The zero-order valence-corrected chi connectivity index (χ0v) is 12.3. The summed E-state index contributed by atoms with van der Waals surface area (Å²) in [5.74, 6) is -1.000. The highest BCUT2D eigenvalue weighted by molar-refractivity contribution is 7.08. The van der Waals surface area contributed by atoms with Crippen LogP contribution in [0.15, 0.2) is 47.2 Å². The van der Waals surface area contributed by atoms with Crippen molar-refractivity contribution in [1.82, 2.24) is 5.32 Å². The van der Waals surface area contributed by atoms with Crippen LogP contribution in [0.4, 0.5) is 0 Å². The number of amides is 1. The number of carbonyl (C=O) groups excluding carboxylic acids is 1. The molecule has 21 heavy (non-hydrogen) atoms. The summed E-state index contributed by atoms with van der Waals surface area (Å²) in [6.07, 6.45) is 1.09. The van der Waals surface area contributed by atoms with E-state index in [0.717, 1.165) is 5.56 Å². The van der Waals surface area contributed by atoms with Crippen LogP contribution in [-0.4, -0.2) is 23.0 Å². The van der Waals surface area contributed by atoms with E-state index < -0.39 is 5.97 Å². The first kappa shape index (κ1) is 15.3. The predicted octanol–water partition coefficient (Wildman–Crippen LogP) is 2.95. The molecule has 5 heteroatoms. The van der Waals surface area contributed by atoms with Crippen molar-refractivity contribution in [2.45, 2.75) is 25.3 Å². The molecule has 4 nitrogen and oxygen atoms in total. The van der Waals surface area contributed by atoms with Crippen molar-refractivity contribution in [3.8, 4) is 0 Å². The van der Waals surface area contributed by atoms with Crippen LogP contribution in [-0.2, 0) is 11.2 Å². The van der Waals surface area contributed by atoms with Crippen molar-refractivity contribution >= 4 is 23.2 Å². The molecule has 0 aliphatic rings. The van der Waals surface area contributed by atoms with E-state index in [4.69, 9.17) is 5.11 Å². The number of carboxylic acid groups (broad SMARTS) is 1. The molecule has 0 aliphatic carbocycles. The topological polar surface area (TPSA) is 66.4 Å². The maximum Gasteiger partial charge on any atom is 0.303 e. The van der Waals surface area contributed by atoms with Gasteiger partial charge in [0.2, 0.25) is 0 Å². The van der Waals surface area contributed by atoms with Gasteiger partial charge in [-0.2, -0.15) is 11.3 Å². The number of hydrogen-bond donors (Lipinski definition) is 2. The zero-order chi connectivity index (χ0) is 15.1. The van der Waals surface area contributed by atoms with Crippen molar-refractivity contribution < 1.29 is 14.7 Å². The van der Waals surface area contributed by atoms with Gasteiger partial charge in [0, 0.05) is 23.4 Å². The van der Waals surface area contributed by atoms with Gasteiger partial charge >= 0.3 is 5.97 Å². The van der Waals surface area contributed by atoms with Gasteiger partial charge in [-0.05, 0) is 29.9 Å².